The summed E-state index contributed by atoms with van der Waals surface area (Å²) in [6, 6.07) is 8.59. The smallest absolute Gasteiger partial charge is 0.161 e. The fourth-order valence-electron chi connectivity index (χ4n) is 3.41. The molecule has 24 heavy (non-hydrogen) atoms. The van der Waals surface area contributed by atoms with Crippen LogP contribution in [-0.4, -0.2) is 30.8 Å². The maximum Gasteiger partial charge on any atom is 0.161 e. The van der Waals surface area contributed by atoms with Crippen LogP contribution in [0.4, 0.5) is 0 Å². The number of hydrogen-bond acceptors (Lipinski definition) is 5. The van der Waals surface area contributed by atoms with E-state index in [-0.39, 0.29) is 0 Å². The summed E-state index contributed by atoms with van der Waals surface area (Å²) in [4.78, 5) is 2.47. The average molecular weight is 330 g/mol. The number of ether oxygens (including phenoxy) is 2. The molecule has 1 aromatic carbocycles. The molecule has 0 amide bonds. The number of methoxy groups -OCH3 is 2. The average Bonchev–Trinajstić information content (AvgIpc) is 3.24. The van der Waals surface area contributed by atoms with Crippen LogP contribution in [0.5, 0.6) is 11.5 Å². The zero-order valence-electron chi connectivity index (χ0n) is 14.7. The lowest BCUT2D eigenvalue weighted by molar-refractivity contribution is 0.236. The second-order valence-corrected chi connectivity index (χ2v) is 6.29. The molecule has 2 aromatic rings. The van der Waals surface area contributed by atoms with Gasteiger partial charge in [-0.1, -0.05) is 18.1 Å². The Balaban J connectivity index is 1.73. The van der Waals surface area contributed by atoms with E-state index in [1.54, 1.807) is 14.2 Å². The van der Waals surface area contributed by atoms with Crippen molar-refractivity contribution in [3.63, 3.8) is 0 Å². The molecule has 0 unspecified atom stereocenters. The lowest BCUT2D eigenvalue weighted by atomic mass is 10.1. The van der Waals surface area contributed by atoms with Gasteiger partial charge in [0.25, 0.3) is 0 Å². The lowest BCUT2D eigenvalue weighted by Crippen LogP contribution is -2.23. The maximum atomic E-state index is 5.47. The standard InChI is InChI=1S/C19H26N2O3/c1-4-6-15-12-16(20-24-15)17-7-5-10-21(17)13-14-8-9-18(22-2)19(11-14)23-3/h8-9,11-12,17H,4-7,10,13H2,1-3H3/t17-/m1/s1. The van der Waals surface area contributed by atoms with Gasteiger partial charge in [0.15, 0.2) is 11.5 Å². The van der Waals surface area contributed by atoms with Crippen LogP contribution in [0.1, 0.15) is 49.2 Å². The van der Waals surface area contributed by atoms with Crippen LogP contribution >= 0.6 is 0 Å². The summed E-state index contributed by atoms with van der Waals surface area (Å²) in [7, 11) is 3.33. The zero-order chi connectivity index (χ0) is 16.9. The summed E-state index contributed by atoms with van der Waals surface area (Å²) in [6.07, 6.45) is 4.35. The minimum atomic E-state index is 0.340. The molecule has 3 rings (SSSR count). The molecule has 130 valence electrons. The number of benzene rings is 1. The van der Waals surface area contributed by atoms with Gasteiger partial charge in [-0.15, -0.1) is 0 Å². The van der Waals surface area contributed by atoms with Crippen molar-refractivity contribution < 1.29 is 14.0 Å². The van der Waals surface area contributed by atoms with Gasteiger partial charge in [0.05, 0.1) is 20.3 Å². The van der Waals surface area contributed by atoms with Gasteiger partial charge in [0.1, 0.15) is 11.5 Å². The summed E-state index contributed by atoms with van der Waals surface area (Å²) in [5.41, 5.74) is 2.29. The first kappa shape index (κ1) is 16.8. The number of likely N-dealkylation sites (tertiary alicyclic amines) is 1. The van der Waals surface area contributed by atoms with E-state index in [1.807, 2.05) is 6.07 Å². The predicted molar refractivity (Wildman–Crippen MR) is 92.4 cm³/mol. The fraction of sp³-hybridized carbons (Fsp3) is 0.526. The third kappa shape index (κ3) is 3.56. The first-order valence-corrected chi connectivity index (χ1v) is 8.65. The number of aromatic nitrogens is 1. The van der Waals surface area contributed by atoms with Crippen molar-refractivity contribution in [2.75, 3.05) is 20.8 Å². The summed E-state index contributed by atoms with van der Waals surface area (Å²) >= 11 is 0. The normalized spacial score (nSPS) is 18.0. The van der Waals surface area contributed by atoms with Crippen molar-refractivity contribution in [3.05, 3.63) is 41.3 Å². The van der Waals surface area contributed by atoms with Crippen LogP contribution in [0, 0.1) is 0 Å². The number of hydrogen-bond donors (Lipinski definition) is 0. The van der Waals surface area contributed by atoms with E-state index in [9.17, 15) is 0 Å². The summed E-state index contributed by atoms with van der Waals surface area (Å²) in [5, 5.41) is 4.31. The van der Waals surface area contributed by atoms with E-state index >= 15 is 0 Å². The highest BCUT2D eigenvalue weighted by Gasteiger charge is 2.28. The summed E-state index contributed by atoms with van der Waals surface area (Å²) < 4.78 is 16.2. The Morgan fingerprint density at radius 1 is 1.21 bits per heavy atom. The second kappa shape index (κ2) is 7.71. The topological polar surface area (TPSA) is 47.7 Å². The largest absolute Gasteiger partial charge is 0.493 e. The molecule has 1 aliphatic heterocycles. The molecule has 5 heteroatoms. The molecule has 1 saturated heterocycles. The second-order valence-electron chi connectivity index (χ2n) is 6.29. The third-order valence-electron chi connectivity index (χ3n) is 4.61. The van der Waals surface area contributed by atoms with Crippen molar-refractivity contribution in [1.82, 2.24) is 10.1 Å². The molecule has 0 aliphatic carbocycles. The Bertz CT molecular complexity index is 668. The van der Waals surface area contributed by atoms with E-state index in [0.717, 1.165) is 55.3 Å². The molecule has 1 aliphatic rings. The molecule has 1 aromatic heterocycles. The molecule has 2 heterocycles. The first-order chi connectivity index (χ1) is 11.7. The van der Waals surface area contributed by atoms with E-state index in [0.29, 0.717) is 6.04 Å². The number of aryl methyl sites for hydroxylation is 1. The van der Waals surface area contributed by atoms with Crippen molar-refractivity contribution >= 4 is 0 Å². The highest BCUT2D eigenvalue weighted by molar-refractivity contribution is 5.42. The Hall–Kier alpha value is -2.01. The van der Waals surface area contributed by atoms with Gasteiger partial charge in [-0.05, 0) is 43.5 Å². The van der Waals surface area contributed by atoms with Crippen LogP contribution < -0.4 is 9.47 Å². The van der Waals surface area contributed by atoms with Crippen LogP contribution in [0.15, 0.2) is 28.8 Å². The SMILES string of the molecule is CCCc1cc([C@H]2CCCN2Cc2ccc(OC)c(OC)c2)no1. The van der Waals surface area contributed by atoms with Crippen LogP contribution in [0.25, 0.3) is 0 Å². The minimum absolute atomic E-state index is 0.340. The highest BCUT2D eigenvalue weighted by atomic mass is 16.5. The Kier molecular flexibility index (Phi) is 5.41. The number of rotatable bonds is 7. The molecular formula is C19H26N2O3. The monoisotopic (exact) mass is 330 g/mol. The van der Waals surface area contributed by atoms with Gasteiger partial charge in [-0.2, -0.15) is 0 Å². The first-order valence-electron chi connectivity index (χ1n) is 8.65. The Labute approximate surface area is 143 Å². The van der Waals surface area contributed by atoms with Gasteiger partial charge in [-0.25, -0.2) is 0 Å². The molecule has 0 spiro atoms. The zero-order valence-corrected chi connectivity index (χ0v) is 14.7. The Morgan fingerprint density at radius 3 is 2.79 bits per heavy atom. The highest BCUT2D eigenvalue weighted by Crippen LogP contribution is 2.34. The molecule has 0 N–H and O–H groups in total. The molecule has 0 saturated carbocycles. The molecule has 1 fully saturated rings. The number of nitrogens with zero attached hydrogens (tertiary/aromatic N) is 2. The van der Waals surface area contributed by atoms with E-state index in [1.165, 1.54) is 12.0 Å². The molecule has 0 bridgehead atoms. The third-order valence-corrected chi connectivity index (χ3v) is 4.61. The molecule has 1 atom stereocenters. The van der Waals surface area contributed by atoms with Crippen molar-refractivity contribution in [3.8, 4) is 11.5 Å². The van der Waals surface area contributed by atoms with Gasteiger partial charge in [-0.3, -0.25) is 4.90 Å². The van der Waals surface area contributed by atoms with Gasteiger partial charge in [0, 0.05) is 19.0 Å². The minimum Gasteiger partial charge on any atom is -0.493 e. The lowest BCUT2D eigenvalue weighted by Gasteiger charge is -2.23. The Morgan fingerprint density at radius 2 is 2.04 bits per heavy atom. The molecular weight excluding hydrogens is 304 g/mol. The van der Waals surface area contributed by atoms with Gasteiger partial charge >= 0.3 is 0 Å². The van der Waals surface area contributed by atoms with Crippen molar-refractivity contribution in [1.29, 1.82) is 0 Å². The van der Waals surface area contributed by atoms with Crippen molar-refractivity contribution in [2.24, 2.45) is 0 Å². The molecule has 0 radical (unpaired) electrons. The van der Waals surface area contributed by atoms with Crippen LogP contribution in [0.2, 0.25) is 0 Å². The molecule has 5 nitrogen and oxygen atoms in total. The summed E-state index contributed by atoms with van der Waals surface area (Å²) in [5.74, 6) is 2.53. The van der Waals surface area contributed by atoms with Crippen molar-refractivity contribution in [2.45, 2.75) is 45.2 Å². The van der Waals surface area contributed by atoms with Crippen LogP contribution in [-0.2, 0) is 13.0 Å². The quantitative estimate of drug-likeness (QED) is 0.768. The van der Waals surface area contributed by atoms with Gasteiger partial charge < -0.3 is 14.0 Å². The van der Waals surface area contributed by atoms with Gasteiger partial charge in [0.2, 0.25) is 0 Å². The maximum absolute atomic E-state index is 5.47. The summed E-state index contributed by atoms with van der Waals surface area (Å²) in [6.45, 7) is 4.11. The van der Waals surface area contributed by atoms with E-state index < -0.39 is 0 Å². The van der Waals surface area contributed by atoms with E-state index in [4.69, 9.17) is 14.0 Å². The predicted octanol–water partition coefficient (Wildman–Crippen LogP) is 3.98. The van der Waals surface area contributed by atoms with E-state index in [2.05, 4.69) is 35.2 Å². The fourth-order valence-corrected chi connectivity index (χ4v) is 3.41. The van der Waals surface area contributed by atoms with Crippen LogP contribution in [0.3, 0.4) is 0 Å².